The first-order chi connectivity index (χ1) is 13.1. The summed E-state index contributed by atoms with van der Waals surface area (Å²) >= 11 is 6.16. The van der Waals surface area contributed by atoms with Gasteiger partial charge in [-0.3, -0.25) is 0 Å². The van der Waals surface area contributed by atoms with Gasteiger partial charge in [0.25, 0.3) is 0 Å². The number of benzene rings is 2. The third kappa shape index (κ3) is 4.77. The number of rotatable bonds is 7. The van der Waals surface area contributed by atoms with Crippen molar-refractivity contribution in [3.8, 4) is 11.5 Å². The van der Waals surface area contributed by atoms with Crippen molar-refractivity contribution in [1.82, 2.24) is 15.0 Å². The van der Waals surface area contributed by atoms with Crippen molar-refractivity contribution in [3.63, 3.8) is 0 Å². The van der Waals surface area contributed by atoms with Crippen molar-refractivity contribution >= 4 is 29.2 Å². The molecular weight excluding hydrogens is 366 g/mol. The molecule has 3 rings (SSSR count). The Morgan fingerprint density at radius 2 is 1.74 bits per heavy atom. The molecule has 0 amide bonds. The van der Waals surface area contributed by atoms with E-state index in [-0.39, 0.29) is 0 Å². The monoisotopic (exact) mass is 385 g/mol. The molecule has 0 aliphatic carbocycles. The Morgan fingerprint density at radius 3 is 2.48 bits per heavy atom. The molecule has 2 aromatic carbocycles. The predicted octanol–water partition coefficient (Wildman–Crippen LogP) is 4.21. The number of nitrogens with one attached hydrogen (secondary N) is 2. The molecule has 1 aromatic heterocycles. The van der Waals surface area contributed by atoms with Gasteiger partial charge in [-0.2, -0.15) is 4.98 Å². The quantitative estimate of drug-likeness (QED) is 0.630. The summed E-state index contributed by atoms with van der Waals surface area (Å²) < 4.78 is 10.5. The van der Waals surface area contributed by atoms with Gasteiger partial charge in [-0.05, 0) is 36.2 Å². The van der Waals surface area contributed by atoms with Crippen LogP contribution in [0.3, 0.4) is 0 Å². The molecule has 1 heterocycles. The number of methoxy groups -OCH3 is 2. The maximum Gasteiger partial charge on any atom is 0.231 e. The fraction of sp³-hybridized carbons (Fsp3) is 0.211. The average Bonchev–Trinajstić information content (AvgIpc) is 2.69. The topological polar surface area (TPSA) is 81.2 Å². The smallest absolute Gasteiger partial charge is 0.231 e. The van der Waals surface area contributed by atoms with Crippen LogP contribution >= 0.6 is 11.6 Å². The number of anilines is 3. The first-order valence-corrected chi connectivity index (χ1v) is 8.64. The summed E-state index contributed by atoms with van der Waals surface area (Å²) in [6.07, 6.45) is 1.44. The van der Waals surface area contributed by atoms with Gasteiger partial charge in [0.05, 0.1) is 14.2 Å². The zero-order valence-electron chi connectivity index (χ0n) is 15.3. The highest BCUT2D eigenvalue weighted by Crippen LogP contribution is 2.30. The molecule has 0 saturated heterocycles. The number of halogens is 1. The summed E-state index contributed by atoms with van der Waals surface area (Å²) in [5.41, 5.74) is 2.86. The molecule has 0 atom stereocenters. The largest absolute Gasteiger partial charge is 0.493 e. The number of ether oxygens (including phenoxy) is 2. The normalized spacial score (nSPS) is 10.4. The molecule has 0 unspecified atom stereocenters. The summed E-state index contributed by atoms with van der Waals surface area (Å²) in [6, 6.07) is 11.4. The Hall–Kier alpha value is -3.06. The molecule has 0 fully saturated rings. The van der Waals surface area contributed by atoms with Crippen molar-refractivity contribution in [2.24, 2.45) is 0 Å². The minimum atomic E-state index is 0.418. The zero-order chi connectivity index (χ0) is 19.2. The second kappa shape index (κ2) is 8.55. The Morgan fingerprint density at radius 1 is 0.963 bits per heavy atom. The fourth-order valence-electron chi connectivity index (χ4n) is 2.41. The third-order valence-corrected chi connectivity index (χ3v) is 4.31. The second-order valence-electron chi connectivity index (χ2n) is 5.76. The van der Waals surface area contributed by atoms with Gasteiger partial charge >= 0.3 is 0 Å². The standard InChI is InChI=1S/C19H20ClN5O2/c1-12-4-5-13(8-15(12)20)10-21-18-22-11-23-19(25-18)24-14-6-7-16(26-2)17(9-14)27-3/h4-9,11H,10H2,1-3H3,(H2,21,22,23,24,25). The maximum absolute atomic E-state index is 6.16. The lowest BCUT2D eigenvalue weighted by molar-refractivity contribution is 0.355. The van der Waals surface area contributed by atoms with E-state index in [9.17, 15) is 0 Å². The highest BCUT2D eigenvalue weighted by atomic mass is 35.5. The Kier molecular flexibility index (Phi) is 5.93. The number of hydrogen-bond donors (Lipinski definition) is 2. The van der Waals surface area contributed by atoms with E-state index in [0.29, 0.717) is 29.9 Å². The third-order valence-electron chi connectivity index (χ3n) is 3.90. The summed E-state index contributed by atoms with van der Waals surface area (Å²) in [7, 11) is 3.18. The molecule has 0 saturated carbocycles. The van der Waals surface area contributed by atoms with E-state index in [1.165, 1.54) is 6.33 Å². The Bertz CT molecular complexity index is 936. The number of aromatic nitrogens is 3. The lowest BCUT2D eigenvalue weighted by atomic mass is 10.1. The van der Waals surface area contributed by atoms with Crippen molar-refractivity contribution in [2.45, 2.75) is 13.5 Å². The summed E-state index contributed by atoms with van der Waals surface area (Å²) in [6.45, 7) is 2.53. The van der Waals surface area contributed by atoms with Gasteiger partial charge in [0, 0.05) is 23.3 Å². The molecule has 0 bridgehead atoms. The van der Waals surface area contributed by atoms with E-state index in [1.807, 2.05) is 43.3 Å². The lowest BCUT2D eigenvalue weighted by Gasteiger charge is -2.11. The minimum Gasteiger partial charge on any atom is -0.493 e. The van der Waals surface area contributed by atoms with Crippen LogP contribution in [0.5, 0.6) is 11.5 Å². The molecule has 140 valence electrons. The van der Waals surface area contributed by atoms with Gasteiger partial charge in [0.15, 0.2) is 11.5 Å². The first-order valence-electron chi connectivity index (χ1n) is 8.26. The lowest BCUT2D eigenvalue weighted by Crippen LogP contribution is -2.06. The molecule has 3 aromatic rings. The molecule has 0 radical (unpaired) electrons. The maximum atomic E-state index is 6.16. The first kappa shape index (κ1) is 18.7. The molecule has 0 aliphatic rings. The summed E-state index contributed by atoms with van der Waals surface area (Å²) in [5.74, 6) is 2.15. The van der Waals surface area contributed by atoms with Gasteiger partial charge in [0.1, 0.15) is 6.33 Å². The molecule has 7 nitrogen and oxygen atoms in total. The SMILES string of the molecule is COc1ccc(Nc2ncnc(NCc3ccc(C)c(Cl)c3)n2)cc1OC. The van der Waals surface area contributed by atoms with Crippen LogP contribution in [-0.2, 0) is 6.54 Å². The second-order valence-corrected chi connectivity index (χ2v) is 6.17. The minimum absolute atomic E-state index is 0.418. The van der Waals surface area contributed by atoms with Crippen LogP contribution in [-0.4, -0.2) is 29.2 Å². The molecule has 0 spiro atoms. The average molecular weight is 386 g/mol. The van der Waals surface area contributed by atoms with Gasteiger partial charge < -0.3 is 20.1 Å². The van der Waals surface area contributed by atoms with Crippen LogP contribution in [0, 0.1) is 6.92 Å². The van der Waals surface area contributed by atoms with Crippen LogP contribution in [0.4, 0.5) is 17.6 Å². The van der Waals surface area contributed by atoms with Gasteiger partial charge in [-0.15, -0.1) is 0 Å². The summed E-state index contributed by atoms with van der Waals surface area (Å²) in [4.78, 5) is 12.7. The predicted molar refractivity (Wildman–Crippen MR) is 106 cm³/mol. The molecular formula is C19H20ClN5O2. The van der Waals surface area contributed by atoms with E-state index in [1.54, 1.807) is 14.2 Å². The van der Waals surface area contributed by atoms with E-state index in [4.69, 9.17) is 21.1 Å². The van der Waals surface area contributed by atoms with Gasteiger partial charge in [0.2, 0.25) is 11.9 Å². The van der Waals surface area contributed by atoms with Crippen molar-refractivity contribution < 1.29 is 9.47 Å². The van der Waals surface area contributed by atoms with Gasteiger partial charge in [-0.1, -0.05) is 23.7 Å². The molecule has 0 aliphatic heterocycles. The van der Waals surface area contributed by atoms with Crippen LogP contribution in [0.25, 0.3) is 0 Å². The van der Waals surface area contributed by atoms with Crippen LogP contribution in [0.2, 0.25) is 5.02 Å². The van der Waals surface area contributed by atoms with E-state index in [2.05, 4.69) is 25.6 Å². The number of hydrogen-bond acceptors (Lipinski definition) is 7. The van der Waals surface area contributed by atoms with Crippen molar-refractivity contribution in [1.29, 1.82) is 0 Å². The van der Waals surface area contributed by atoms with E-state index < -0.39 is 0 Å². The Balaban J connectivity index is 1.69. The highest BCUT2D eigenvalue weighted by molar-refractivity contribution is 6.31. The van der Waals surface area contributed by atoms with Crippen LogP contribution < -0.4 is 20.1 Å². The molecule has 27 heavy (non-hydrogen) atoms. The zero-order valence-corrected chi connectivity index (χ0v) is 16.0. The molecule has 2 N–H and O–H groups in total. The van der Waals surface area contributed by atoms with Gasteiger partial charge in [-0.25, -0.2) is 9.97 Å². The highest BCUT2D eigenvalue weighted by Gasteiger charge is 2.07. The van der Waals surface area contributed by atoms with Crippen LogP contribution in [0.15, 0.2) is 42.7 Å². The van der Waals surface area contributed by atoms with Crippen molar-refractivity contribution in [2.75, 3.05) is 24.9 Å². The number of nitrogens with zero attached hydrogens (tertiary/aromatic N) is 3. The van der Waals surface area contributed by atoms with Crippen molar-refractivity contribution in [3.05, 3.63) is 58.9 Å². The Labute approximate surface area is 162 Å². The number of aryl methyl sites for hydroxylation is 1. The fourth-order valence-corrected chi connectivity index (χ4v) is 2.62. The van der Waals surface area contributed by atoms with E-state index in [0.717, 1.165) is 21.8 Å². The van der Waals surface area contributed by atoms with E-state index >= 15 is 0 Å². The molecule has 8 heteroatoms. The van der Waals surface area contributed by atoms with Crippen LogP contribution in [0.1, 0.15) is 11.1 Å². The summed E-state index contributed by atoms with van der Waals surface area (Å²) in [5, 5.41) is 7.03.